The molecule has 144 valence electrons. The largest absolute Gasteiger partial charge is 0.494 e. The molecule has 0 radical (unpaired) electrons. The van der Waals surface area contributed by atoms with Gasteiger partial charge in [-0.05, 0) is 63.1 Å². The molecule has 2 amide bonds. The highest BCUT2D eigenvalue weighted by atomic mass is 16.5. The monoisotopic (exact) mass is 378 g/mol. The molecular weight excluding hydrogens is 356 g/mol. The Kier molecular flexibility index (Phi) is 4.77. The summed E-state index contributed by atoms with van der Waals surface area (Å²) in [7, 11) is 0. The number of aryl methyl sites for hydroxylation is 1. The van der Waals surface area contributed by atoms with Gasteiger partial charge in [0.15, 0.2) is 5.76 Å². The number of rotatable bonds is 6. The van der Waals surface area contributed by atoms with Crippen LogP contribution in [0.15, 0.2) is 46.9 Å². The lowest BCUT2D eigenvalue weighted by molar-refractivity contribution is 0.0949. The standard InChI is InChI=1S/C22H22N2O4/c1-3-27-17-9-10-19-18(12-17)13(2)20(28-19)22(26)24-16-6-4-5-14(11-16)21(25)23-15-7-8-15/h4-6,9-12,15H,3,7-8H2,1-2H3,(H,23,25)(H,24,26). The van der Waals surface area contributed by atoms with Gasteiger partial charge in [-0.1, -0.05) is 6.07 Å². The van der Waals surface area contributed by atoms with E-state index in [1.165, 1.54) is 0 Å². The number of hydrogen-bond donors (Lipinski definition) is 2. The zero-order valence-electron chi connectivity index (χ0n) is 15.9. The van der Waals surface area contributed by atoms with E-state index in [1.54, 1.807) is 30.3 Å². The van der Waals surface area contributed by atoms with Crippen molar-refractivity contribution in [2.45, 2.75) is 32.7 Å². The van der Waals surface area contributed by atoms with E-state index in [2.05, 4.69) is 10.6 Å². The van der Waals surface area contributed by atoms with Crippen LogP contribution in [0.2, 0.25) is 0 Å². The van der Waals surface area contributed by atoms with Gasteiger partial charge in [-0.25, -0.2) is 0 Å². The van der Waals surface area contributed by atoms with E-state index >= 15 is 0 Å². The quantitative estimate of drug-likeness (QED) is 0.671. The highest BCUT2D eigenvalue weighted by Gasteiger charge is 2.24. The van der Waals surface area contributed by atoms with Crippen molar-refractivity contribution < 1.29 is 18.7 Å². The number of nitrogens with one attached hydrogen (secondary N) is 2. The SMILES string of the molecule is CCOc1ccc2oc(C(=O)Nc3cccc(C(=O)NC4CC4)c3)c(C)c2c1. The van der Waals surface area contributed by atoms with Gasteiger partial charge in [0, 0.05) is 28.2 Å². The van der Waals surface area contributed by atoms with Gasteiger partial charge in [-0.15, -0.1) is 0 Å². The molecule has 3 aromatic rings. The van der Waals surface area contributed by atoms with Gasteiger partial charge >= 0.3 is 0 Å². The minimum atomic E-state index is -0.355. The first-order valence-corrected chi connectivity index (χ1v) is 9.43. The second-order valence-corrected chi connectivity index (χ2v) is 6.93. The summed E-state index contributed by atoms with van der Waals surface area (Å²) in [6.45, 7) is 4.33. The number of benzene rings is 2. The van der Waals surface area contributed by atoms with Gasteiger partial charge in [0.05, 0.1) is 6.61 Å². The van der Waals surface area contributed by atoms with Crippen molar-refractivity contribution in [2.75, 3.05) is 11.9 Å². The zero-order valence-corrected chi connectivity index (χ0v) is 15.9. The van der Waals surface area contributed by atoms with Crippen molar-refractivity contribution in [3.05, 3.63) is 59.4 Å². The summed E-state index contributed by atoms with van der Waals surface area (Å²) in [6, 6.07) is 12.7. The predicted octanol–water partition coefficient (Wildman–Crippen LogP) is 4.28. The average Bonchev–Trinajstić information content (AvgIpc) is 3.44. The Hall–Kier alpha value is -3.28. The summed E-state index contributed by atoms with van der Waals surface area (Å²) in [5.41, 5.74) is 2.44. The fourth-order valence-corrected chi connectivity index (χ4v) is 3.10. The van der Waals surface area contributed by atoms with Crippen molar-refractivity contribution in [1.82, 2.24) is 5.32 Å². The zero-order chi connectivity index (χ0) is 19.7. The van der Waals surface area contributed by atoms with Crippen molar-refractivity contribution in [1.29, 1.82) is 0 Å². The molecule has 1 saturated carbocycles. The molecule has 0 spiro atoms. The van der Waals surface area contributed by atoms with E-state index in [0.29, 0.717) is 23.4 Å². The molecule has 28 heavy (non-hydrogen) atoms. The predicted molar refractivity (Wildman–Crippen MR) is 107 cm³/mol. The van der Waals surface area contributed by atoms with Gasteiger partial charge in [0.25, 0.3) is 11.8 Å². The Morgan fingerprint density at radius 1 is 1.14 bits per heavy atom. The van der Waals surface area contributed by atoms with Crippen LogP contribution in [0, 0.1) is 6.92 Å². The molecule has 0 atom stereocenters. The van der Waals surface area contributed by atoms with Crippen LogP contribution in [0.3, 0.4) is 0 Å². The van der Waals surface area contributed by atoms with E-state index in [-0.39, 0.29) is 23.6 Å². The topological polar surface area (TPSA) is 80.6 Å². The molecule has 0 saturated heterocycles. The van der Waals surface area contributed by atoms with Crippen LogP contribution in [0.25, 0.3) is 11.0 Å². The maximum absolute atomic E-state index is 12.7. The third-order valence-corrected chi connectivity index (χ3v) is 4.72. The number of carbonyl (C=O) groups excluding carboxylic acids is 2. The van der Waals surface area contributed by atoms with Crippen molar-refractivity contribution in [3.8, 4) is 5.75 Å². The Bertz CT molecular complexity index is 1050. The number of carbonyl (C=O) groups is 2. The summed E-state index contributed by atoms with van der Waals surface area (Å²) in [5.74, 6) is 0.505. The van der Waals surface area contributed by atoms with Crippen LogP contribution in [-0.2, 0) is 0 Å². The second-order valence-electron chi connectivity index (χ2n) is 6.93. The van der Waals surface area contributed by atoms with Crippen LogP contribution in [0.5, 0.6) is 5.75 Å². The number of hydrogen-bond acceptors (Lipinski definition) is 4. The fraction of sp³-hybridized carbons (Fsp3) is 0.273. The van der Waals surface area contributed by atoms with Gasteiger partial charge in [-0.3, -0.25) is 9.59 Å². The molecule has 0 bridgehead atoms. The molecule has 0 unspecified atom stereocenters. The van der Waals surface area contributed by atoms with Gasteiger partial charge in [0.1, 0.15) is 11.3 Å². The first-order chi connectivity index (χ1) is 13.5. The Morgan fingerprint density at radius 3 is 2.71 bits per heavy atom. The van der Waals surface area contributed by atoms with E-state index in [1.807, 2.05) is 26.0 Å². The molecule has 6 heteroatoms. The summed E-state index contributed by atoms with van der Waals surface area (Å²) in [5, 5.41) is 6.60. The third-order valence-electron chi connectivity index (χ3n) is 4.72. The first-order valence-electron chi connectivity index (χ1n) is 9.43. The van der Waals surface area contributed by atoms with Gasteiger partial charge < -0.3 is 19.8 Å². The van der Waals surface area contributed by atoms with Crippen LogP contribution in [0.4, 0.5) is 5.69 Å². The molecule has 4 rings (SSSR count). The Balaban J connectivity index is 1.55. The molecule has 2 N–H and O–H groups in total. The van der Waals surface area contributed by atoms with E-state index < -0.39 is 0 Å². The maximum atomic E-state index is 12.7. The van der Waals surface area contributed by atoms with Crippen LogP contribution >= 0.6 is 0 Å². The summed E-state index contributed by atoms with van der Waals surface area (Å²) < 4.78 is 11.3. The smallest absolute Gasteiger partial charge is 0.291 e. The van der Waals surface area contributed by atoms with Crippen LogP contribution in [0.1, 0.15) is 46.2 Å². The van der Waals surface area contributed by atoms with E-state index in [4.69, 9.17) is 9.15 Å². The van der Waals surface area contributed by atoms with Gasteiger partial charge in [-0.2, -0.15) is 0 Å². The first kappa shape index (κ1) is 18.1. The lowest BCUT2D eigenvalue weighted by atomic mass is 10.1. The maximum Gasteiger partial charge on any atom is 0.291 e. The summed E-state index contributed by atoms with van der Waals surface area (Å²) in [4.78, 5) is 25.0. The van der Waals surface area contributed by atoms with Crippen molar-refractivity contribution in [3.63, 3.8) is 0 Å². The highest BCUT2D eigenvalue weighted by molar-refractivity contribution is 6.07. The molecule has 1 aliphatic carbocycles. The minimum absolute atomic E-state index is 0.123. The molecule has 0 aliphatic heterocycles. The molecule has 1 fully saturated rings. The molecule has 2 aromatic carbocycles. The highest BCUT2D eigenvalue weighted by Crippen LogP contribution is 2.29. The molecule has 1 heterocycles. The average molecular weight is 378 g/mol. The molecule has 1 aromatic heterocycles. The Morgan fingerprint density at radius 2 is 1.96 bits per heavy atom. The lowest BCUT2D eigenvalue weighted by Gasteiger charge is -2.07. The number of amides is 2. The minimum Gasteiger partial charge on any atom is -0.494 e. The summed E-state index contributed by atoms with van der Waals surface area (Å²) in [6.07, 6.45) is 2.05. The molecule has 1 aliphatic rings. The third kappa shape index (κ3) is 3.71. The van der Waals surface area contributed by atoms with E-state index in [0.717, 1.165) is 29.5 Å². The fourth-order valence-electron chi connectivity index (χ4n) is 3.10. The van der Waals surface area contributed by atoms with E-state index in [9.17, 15) is 9.59 Å². The van der Waals surface area contributed by atoms with Crippen LogP contribution < -0.4 is 15.4 Å². The number of ether oxygens (including phenoxy) is 1. The second kappa shape index (κ2) is 7.38. The number of fused-ring (bicyclic) bond motifs is 1. The summed E-state index contributed by atoms with van der Waals surface area (Å²) >= 11 is 0. The normalized spacial score (nSPS) is 13.4. The lowest BCUT2D eigenvalue weighted by Crippen LogP contribution is -2.25. The van der Waals surface area contributed by atoms with Crippen molar-refractivity contribution >= 4 is 28.5 Å². The molecular formula is C22H22N2O4. The van der Waals surface area contributed by atoms with Gasteiger partial charge in [0.2, 0.25) is 0 Å². The number of anilines is 1. The number of furan rings is 1. The Labute approximate surface area is 162 Å². The molecule has 6 nitrogen and oxygen atoms in total. The van der Waals surface area contributed by atoms with Crippen LogP contribution in [-0.4, -0.2) is 24.5 Å². The van der Waals surface area contributed by atoms with Crippen molar-refractivity contribution in [2.24, 2.45) is 0 Å².